The average Bonchev–Trinajstić information content (AvgIpc) is 3.57. The van der Waals surface area contributed by atoms with Crippen molar-refractivity contribution in [2.45, 2.75) is 0 Å². The highest BCUT2D eigenvalue weighted by Gasteiger charge is 2.24. The van der Waals surface area contributed by atoms with Gasteiger partial charge in [-0.1, -0.05) is 133 Å². The Labute approximate surface area is 280 Å². The van der Waals surface area contributed by atoms with Crippen molar-refractivity contribution in [1.82, 2.24) is 39.9 Å². The van der Waals surface area contributed by atoms with Crippen LogP contribution in [0, 0.1) is 0 Å². The maximum atomic E-state index is 6.43. The van der Waals surface area contributed by atoms with Crippen LogP contribution >= 0.6 is 0 Å². The van der Waals surface area contributed by atoms with Crippen molar-refractivity contribution in [2.75, 3.05) is 0 Å². The Morgan fingerprint density at radius 3 is 1.14 bits per heavy atom. The fourth-order valence-electron chi connectivity index (χ4n) is 5.67. The van der Waals surface area contributed by atoms with E-state index in [9.17, 15) is 0 Å². The first-order valence-corrected chi connectivity index (χ1v) is 15.7. The molecule has 0 aliphatic rings. The first kappa shape index (κ1) is 28.2. The minimum atomic E-state index is 0.286. The normalized spacial score (nSPS) is 11.3. The molecule has 0 spiro atoms. The molecule has 0 radical (unpaired) electrons. The molecule has 4 heterocycles. The van der Waals surface area contributed by atoms with Crippen LogP contribution in [0.4, 0.5) is 0 Å². The summed E-state index contributed by atoms with van der Waals surface area (Å²) in [6.45, 7) is 0. The van der Waals surface area contributed by atoms with Gasteiger partial charge in [0.15, 0.2) is 46.2 Å². The number of hydrogen-bond acceptors (Lipinski definition) is 9. The predicted octanol–water partition coefficient (Wildman–Crippen LogP) is 8.75. The van der Waals surface area contributed by atoms with E-state index in [1.807, 2.05) is 146 Å². The van der Waals surface area contributed by atoms with Crippen LogP contribution in [0.1, 0.15) is 0 Å². The van der Waals surface area contributed by atoms with Gasteiger partial charge in [0, 0.05) is 27.6 Å². The molecule has 0 atom stereocenters. The van der Waals surface area contributed by atoms with E-state index in [-0.39, 0.29) is 5.82 Å². The summed E-state index contributed by atoms with van der Waals surface area (Å²) in [7, 11) is 0. The lowest BCUT2D eigenvalue weighted by Crippen LogP contribution is -2.05. The highest BCUT2D eigenvalue weighted by molar-refractivity contribution is 6.06. The molecule has 4 aromatic heterocycles. The summed E-state index contributed by atoms with van der Waals surface area (Å²) in [5, 5.41) is 0.823. The zero-order chi connectivity index (χ0) is 32.6. The van der Waals surface area contributed by atoms with Gasteiger partial charge in [0.2, 0.25) is 5.82 Å². The summed E-state index contributed by atoms with van der Waals surface area (Å²) in [6.07, 6.45) is 0. The van der Waals surface area contributed by atoms with E-state index in [4.69, 9.17) is 44.3 Å². The maximum Gasteiger partial charge on any atom is 0.201 e. The number of furan rings is 1. The van der Waals surface area contributed by atoms with Crippen LogP contribution in [-0.2, 0) is 0 Å². The van der Waals surface area contributed by atoms with Gasteiger partial charge in [0.05, 0.1) is 0 Å². The molecule has 0 saturated carbocycles. The topological polar surface area (TPSA) is 116 Å². The van der Waals surface area contributed by atoms with Gasteiger partial charge in [-0.2, -0.15) is 0 Å². The lowest BCUT2D eigenvalue weighted by Gasteiger charge is -2.10. The molecule has 9 heteroatoms. The Balaban J connectivity index is 1.33. The summed E-state index contributed by atoms with van der Waals surface area (Å²) >= 11 is 0. The first-order chi connectivity index (χ1) is 24.3. The Kier molecular flexibility index (Phi) is 6.90. The minimum absolute atomic E-state index is 0.286. The Morgan fingerprint density at radius 2 is 0.673 bits per heavy atom. The van der Waals surface area contributed by atoms with E-state index >= 15 is 0 Å². The molecule has 0 saturated heterocycles. The Bertz CT molecular complexity index is 2480. The molecule has 0 bridgehead atoms. The zero-order valence-corrected chi connectivity index (χ0v) is 25.8. The molecular weight excluding hydrogens is 608 g/mol. The van der Waals surface area contributed by atoms with Crippen LogP contribution < -0.4 is 0 Å². The van der Waals surface area contributed by atoms with Crippen molar-refractivity contribution < 1.29 is 4.42 Å². The second-order valence-electron chi connectivity index (χ2n) is 11.2. The SMILES string of the molecule is c1ccc(-c2nc(-c3ccccc3)nc(-c3nc(-c4nc(-c5ccccc5)nc(-c5ccccc5)n4)c4oc5ccccc5c4n3)n2)cc1. The molecule has 9 nitrogen and oxygen atoms in total. The molecule has 9 rings (SSSR count). The monoisotopic (exact) mass is 632 g/mol. The van der Waals surface area contributed by atoms with Crippen molar-refractivity contribution in [1.29, 1.82) is 0 Å². The van der Waals surface area contributed by atoms with E-state index in [1.165, 1.54) is 0 Å². The van der Waals surface area contributed by atoms with Crippen molar-refractivity contribution in [3.63, 3.8) is 0 Å². The second kappa shape index (κ2) is 12.0. The van der Waals surface area contributed by atoms with Crippen LogP contribution in [0.5, 0.6) is 0 Å². The fraction of sp³-hybridized carbons (Fsp3) is 0. The smallest absolute Gasteiger partial charge is 0.201 e. The van der Waals surface area contributed by atoms with Crippen molar-refractivity contribution in [2.24, 2.45) is 0 Å². The number of rotatable bonds is 6. The molecule has 0 unspecified atom stereocenters. The molecule has 49 heavy (non-hydrogen) atoms. The van der Waals surface area contributed by atoms with Gasteiger partial charge in [-0.3, -0.25) is 0 Å². The lowest BCUT2D eigenvalue weighted by molar-refractivity contribution is 0.666. The van der Waals surface area contributed by atoms with Gasteiger partial charge in [-0.15, -0.1) is 0 Å². The number of benzene rings is 5. The Morgan fingerprint density at radius 1 is 0.306 bits per heavy atom. The third-order valence-electron chi connectivity index (χ3n) is 8.03. The van der Waals surface area contributed by atoms with Crippen LogP contribution in [0.3, 0.4) is 0 Å². The number of fused-ring (bicyclic) bond motifs is 3. The van der Waals surface area contributed by atoms with E-state index in [2.05, 4.69) is 0 Å². The fourth-order valence-corrected chi connectivity index (χ4v) is 5.67. The third kappa shape index (κ3) is 5.35. The maximum absolute atomic E-state index is 6.43. The van der Waals surface area contributed by atoms with Crippen LogP contribution in [0.2, 0.25) is 0 Å². The summed E-state index contributed by atoms with van der Waals surface area (Å²) in [6, 6.07) is 47.0. The van der Waals surface area contributed by atoms with Crippen molar-refractivity contribution in [3.05, 3.63) is 146 Å². The summed E-state index contributed by atoms with van der Waals surface area (Å²) in [5.74, 6) is 2.95. The highest BCUT2D eigenvalue weighted by Crippen LogP contribution is 2.35. The van der Waals surface area contributed by atoms with Crippen molar-refractivity contribution in [3.8, 4) is 68.7 Å². The van der Waals surface area contributed by atoms with E-state index in [0.29, 0.717) is 57.3 Å². The number of para-hydroxylation sites is 1. The molecule has 0 N–H and O–H groups in total. The molecule has 0 aliphatic heterocycles. The quantitative estimate of drug-likeness (QED) is 0.177. The zero-order valence-electron chi connectivity index (χ0n) is 25.8. The van der Waals surface area contributed by atoms with Gasteiger partial charge in [-0.05, 0) is 12.1 Å². The first-order valence-electron chi connectivity index (χ1n) is 15.7. The van der Waals surface area contributed by atoms with E-state index in [0.717, 1.165) is 27.6 Å². The molecule has 9 aromatic rings. The second-order valence-corrected chi connectivity index (χ2v) is 11.2. The van der Waals surface area contributed by atoms with Crippen LogP contribution in [-0.4, -0.2) is 39.9 Å². The minimum Gasteiger partial charge on any atom is -0.452 e. The average molecular weight is 633 g/mol. The van der Waals surface area contributed by atoms with E-state index in [1.54, 1.807) is 0 Å². The summed E-state index contributed by atoms with van der Waals surface area (Å²) in [4.78, 5) is 39.5. The highest BCUT2D eigenvalue weighted by atomic mass is 16.3. The molecule has 0 aliphatic carbocycles. The molecule has 0 amide bonds. The molecular formula is C40H24N8O. The molecule has 230 valence electrons. The van der Waals surface area contributed by atoms with Crippen LogP contribution in [0.15, 0.2) is 150 Å². The van der Waals surface area contributed by atoms with Gasteiger partial charge in [0.1, 0.15) is 11.1 Å². The lowest BCUT2D eigenvalue weighted by atomic mass is 10.1. The number of nitrogens with zero attached hydrogens (tertiary/aromatic N) is 8. The van der Waals surface area contributed by atoms with Gasteiger partial charge in [-0.25, -0.2) is 39.9 Å². The van der Waals surface area contributed by atoms with Crippen LogP contribution in [0.25, 0.3) is 90.8 Å². The molecule has 5 aromatic carbocycles. The summed E-state index contributed by atoms with van der Waals surface area (Å²) < 4.78 is 6.43. The van der Waals surface area contributed by atoms with Crippen molar-refractivity contribution >= 4 is 22.1 Å². The number of aromatic nitrogens is 8. The van der Waals surface area contributed by atoms with E-state index < -0.39 is 0 Å². The largest absolute Gasteiger partial charge is 0.452 e. The van der Waals surface area contributed by atoms with Gasteiger partial charge < -0.3 is 4.42 Å². The predicted molar refractivity (Wildman–Crippen MR) is 189 cm³/mol. The Hall–Kier alpha value is -7.00. The van der Waals surface area contributed by atoms with Gasteiger partial charge >= 0.3 is 0 Å². The summed E-state index contributed by atoms with van der Waals surface area (Å²) in [5.41, 5.74) is 5.49. The standard InChI is InChI=1S/C40H24N8O/c1-5-15-25(16-6-1)34-43-35(26-17-7-2-8-18-26)46-38(45-34)32-33-31(29-23-13-14-24-30(29)49-33)41-39(42-32)40-47-36(27-19-9-3-10-20-27)44-37(48-40)28-21-11-4-12-22-28/h1-24H. The number of hydrogen-bond donors (Lipinski definition) is 0. The molecule has 0 fully saturated rings. The van der Waals surface area contributed by atoms with Gasteiger partial charge in [0.25, 0.3) is 0 Å². The third-order valence-corrected chi connectivity index (χ3v) is 8.03.